The molecule has 4 heteroatoms. The van der Waals surface area contributed by atoms with Crippen LogP contribution < -0.4 is 5.32 Å². The van der Waals surface area contributed by atoms with Gasteiger partial charge in [0.2, 0.25) is 0 Å². The molecule has 1 atom stereocenters. The smallest absolute Gasteiger partial charge is 0.255 e. The zero-order valence-electron chi connectivity index (χ0n) is 8.63. The van der Waals surface area contributed by atoms with Crippen LogP contribution in [0.1, 0.15) is 29.5 Å². The van der Waals surface area contributed by atoms with E-state index in [1.807, 2.05) is 6.92 Å². The standard InChI is InChI=1S/C11H12BrNO2/c1-4-5-7(2)13-11(14)9-6-10(12)15-8(9)3/h1,6-7H,5H2,2-3H3,(H,13,14). The Labute approximate surface area is 97.4 Å². The largest absolute Gasteiger partial charge is 0.454 e. The van der Waals surface area contributed by atoms with Crippen molar-refractivity contribution < 1.29 is 9.21 Å². The van der Waals surface area contributed by atoms with Crippen LogP contribution in [-0.4, -0.2) is 11.9 Å². The third kappa shape index (κ3) is 3.14. The molecule has 1 amide bonds. The lowest BCUT2D eigenvalue weighted by molar-refractivity contribution is 0.0939. The number of hydrogen-bond acceptors (Lipinski definition) is 2. The zero-order valence-corrected chi connectivity index (χ0v) is 10.2. The quantitative estimate of drug-likeness (QED) is 0.857. The molecule has 0 radical (unpaired) electrons. The van der Waals surface area contributed by atoms with Gasteiger partial charge in [-0.2, -0.15) is 0 Å². The van der Waals surface area contributed by atoms with E-state index in [2.05, 4.69) is 27.2 Å². The van der Waals surface area contributed by atoms with E-state index in [4.69, 9.17) is 10.8 Å². The van der Waals surface area contributed by atoms with Crippen molar-refractivity contribution >= 4 is 21.8 Å². The van der Waals surface area contributed by atoms with E-state index >= 15 is 0 Å². The van der Waals surface area contributed by atoms with Crippen molar-refractivity contribution in [2.24, 2.45) is 0 Å². The summed E-state index contributed by atoms with van der Waals surface area (Å²) in [4.78, 5) is 11.7. The molecule has 1 aromatic heterocycles. The van der Waals surface area contributed by atoms with E-state index in [0.717, 1.165) is 0 Å². The highest BCUT2D eigenvalue weighted by Crippen LogP contribution is 2.19. The van der Waals surface area contributed by atoms with Crippen molar-refractivity contribution in [3.05, 3.63) is 22.1 Å². The van der Waals surface area contributed by atoms with Gasteiger partial charge < -0.3 is 9.73 Å². The second kappa shape index (κ2) is 5.04. The number of terminal acetylenes is 1. The van der Waals surface area contributed by atoms with Gasteiger partial charge in [-0.3, -0.25) is 4.79 Å². The van der Waals surface area contributed by atoms with Crippen LogP contribution >= 0.6 is 15.9 Å². The molecule has 80 valence electrons. The third-order valence-corrected chi connectivity index (χ3v) is 2.32. The second-order valence-electron chi connectivity index (χ2n) is 3.30. The van der Waals surface area contributed by atoms with Crippen molar-refractivity contribution in [1.82, 2.24) is 5.32 Å². The first-order valence-electron chi connectivity index (χ1n) is 4.55. The molecular weight excluding hydrogens is 258 g/mol. The summed E-state index contributed by atoms with van der Waals surface area (Å²) in [7, 11) is 0. The highest BCUT2D eigenvalue weighted by atomic mass is 79.9. The topological polar surface area (TPSA) is 42.2 Å². The predicted molar refractivity (Wildman–Crippen MR) is 61.5 cm³/mol. The van der Waals surface area contributed by atoms with Gasteiger partial charge in [-0.1, -0.05) is 0 Å². The van der Waals surface area contributed by atoms with Gasteiger partial charge in [0.15, 0.2) is 4.67 Å². The van der Waals surface area contributed by atoms with Gasteiger partial charge in [0.25, 0.3) is 5.91 Å². The Hall–Kier alpha value is -1.21. The van der Waals surface area contributed by atoms with E-state index in [-0.39, 0.29) is 11.9 Å². The van der Waals surface area contributed by atoms with Crippen LogP contribution in [-0.2, 0) is 0 Å². The summed E-state index contributed by atoms with van der Waals surface area (Å²) in [6.45, 7) is 3.60. The number of hydrogen-bond donors (Lipinski definition) is 1. The van der Waals surface area contributed by atoms with E-state index in [0.29, 0.717) is 22.4 Å². The Morgan fingerprint density at radius 3 is 2.93 bits per heavy atom. The Morgan fingerprint density at radius 1 is 1.80 bits per heavy atom. The van der Waals surface area contributed by atoms with Crippen molar-refractivity contribution in [2.45, 2.75) is 26.3 Å². The molecule has 1 unspecified atom stereocenters. The van der Waals surface area contributed by atoms with Crippen LogP contribution in [0, 0.1) is 19.3 Å². The minimum Gasteiger partial charge on any atom is -0.454 e. The maximum atomic E-state index is 11.7. The first-order chi connectivity index (χ1) is 7.04. The molecule has 0 aliphatic heterocycles. The van der Waals surface area contributed by atoms with Crippen molar-refractivity contribution in [1.29, 1.82) is 0 Å². The molecule has 0 spiro atoms. The fourth-order valence-electron chi connectivity index (χ4n) is 1.20. The Morgan fingerprint density at radius 2 is 2.47 bits per heavy atom. The average molecular weight is 270 g/mol. The number of amides is 1. The van der Waals surface area contributed by atoms with Crippen molar-refractivity contribution in [3.8, 4) is 12.3 Å². The Kier molecular flexibility index (Phi) is 3.98. The fraction of sp³-hybridized carbons (Fsp3) is 0.364. The van der Waals surface area contributed by atoms with Crippen LogP contribution in [0.4, 0.5) is 0 Å². The number of rotatable bonds is 3. The predicted octanol–water partition coefficient (Wildman–Crippen LogP) is 2.49. The van der Waals surface area contributed by atoms with Crippen LogP contribution in [0.5, 0.6) is 0 Å². The lowest BCUT2D eigenvalue weighted by atomic mass is 10.2. The molecule has 0 saturated heterocycles. The maximum Gasteiger partial charge on any atom is 0.255 e. The van der Waals surface area contributed by atoms with Gasteiger partial charge in [0, 0.05) is 18.5 Å². The van der Waals surface area contributed by atoms with E-state index in [1.165, 1.54) is 0 Å². The van der Waals surface area contributed by atoms with E-state index < -0.39 is 0 Å². The first kappa shape index (κ1) is 11.9. The first-order valence-corrected chi connectivity index (χ1v) is 5.34. The molecule has 0 saturated carbocycles. The van der Waals surface area contributed by atoms with Gasteiger partial charge in [0.1, 0.15) is 5.76 Å². The minimum atomic E-state index is -0.162. The van der Waals surface area contributed by atoms with Crippen LogP contribution in [0.25, 0.3) is 0 Å². The van der Waals surface area contributed by atoms with Gasteiger partial charge >= 0.3 is 0 Å². The van der Waals surface area contributed by atoms with Crippen molar-refractivity contribution in [2.75, 3.05) is 0 Å². The van der Waals surface area contributed by atoms with Crippen LogP contribution in [0.2, 0.25) is 0 Å². The minimum absolute atomic E-state index is 0.0319. The zero-order chi connectivity index (χ0) is 11.4. The van der Waals surface area contributed by atoms with Gasteiger partial charge in [-0.25, -0.2) is 0 Å². The third-order valence-electron chi connectivity index (χ3n) is 1.93. The monoisotopic (exact) mass is 269 g/mol. The Balaban J connectivity index is 2.70. The molecule has 1 aromatic rings. The van der Waals surface area contributed by atoms with Crippen molar-refractivity contribution in [3.63, 3.8) is 0 Å². The SMILES string of the molecule is C#CCC(C)NC(=O)c1cc(Br)oc1C. The highest BCUT2D eigenvalue weighted by Gasteiger charge is 2.15. The number of aryl methyl sites for hydroxylation is 1. The molecule has 0 fully saturated rings. The second-order valence-corrected chi connectivity index (χ2v) is 4.08. The number of halogens is 1. The summed E-state index contributed by atoms with van der Waals surface area (Å²) in [5.74, 6) is 2.92. The molecule has 0 aromatic carbocycles. The number of furan rings is 1. The Bertz CT molecular complexity index is 403. The molecule has 0 bridgehead atoms. The molecule has 0 aliphatic carbocycles. The lowest BCUT2D eigenvalue weighted by Gasteiger charge is -2.09. The van der Waals surface area contributed by atoms with Crippen LogP contribution in [0.3, 0.4) is 0 Å². The lowest BCUT2D eigenvalue weighted by Crippen LogP contribution is -2.32. The van der Waals surface area contributed by atoms with Crippen LogP contribution in [0.15, 0.2) is 15.2 Å². The summed E-state index contributed by atoms with van der Waals surface area (Å²) < 4.78 is 5.74. The molecular formula is C11H12BrNO2. The molecule has 3 nitrogen and oxygen atoms in total. The van der Waals surface area contributed by atoms with Gasteiger partial charge in [-0.05, 0) is 29.8 Å². The molecule has 15 heavy (non-hydrogen) atoms. The average Bonchev–Trinajstić information content (AvgIpc) is 2.45. The summed E-state index contributed by atoms with van der Waals surface area (Å²) >= 11 is 3.17. The molecule has 1 heterocycles. The molecule has 1 N–H and O–H groups in total. The molecule has 0 aliphatic rings. The molecule has 1 rings (SSSR count). The van der Waals surface area contributed by atoms with Gasteiger partial charge in [0.05, 0.1) is 5.56 Å². The van der Waals surface area contributed by atoms with E-state index in [1.54, 1.807) is 13.0 Å². The summed E-state index contributed by atoms with van der Waals surface area (Å²) in [5, 5.41) is 2.79. The number of carbonyl (C=O) groups is 1. The normalized spacial score (nSPS) is 11.9. The highest BCUT2D eigenvalue weighted by molar-refractivity contribution is 9.10. The maximum absolute atomic E-state index is 11.7. The summed E-state index contributed by atoms with van der Waals surface area (Å²) in [6, 6.07) is 1.61. The summed E-state index contributed by atoms with van der Waals surface area (Å²) in [6.07, 6.45) is 5.67. The van der Waals surface area contributed by atoms with E-state index in [9.17, 15) is 4.79 Å². The number of carbonyl (C=O) groups excluding carboxylic acids is 1. The number of nitrogens with one attached hydrogen (secondary N) is 1. The summed E-state index contributed by atoms with van der Waals surface area (Å²) in [5.41, 5.74) is 0.533. The van der Waals surface area contributed by atoms with Gasteiger partial charge in [-0.15, -0.1) is 12.3 Å². The fourth-order valence-corrected chi connectivity index (χ4v) is 1.67.